The second kappa shape index (κ2) is 7.38. The largest absolute Gasteiger partial charge is 0.459 e. The summed E-state index contributed by atoms with van der Waals surface area (Å²) in [5.41, 5.74) is 0.785. The molecule has 0 bridgehead atoms. The number of thiazole rings is 1. The number of likely N-dealkylation sites (N-methyl/N-ethyl adjacent to an activating group) is 1. The zero-order chi connectivity index (χ0) is 15.2. The van der Waals surface area contributed by atoms with Crippen LogP contribution < -0.4 is 0 Å². The van der Waals surface area contributed by atoms with Crippen molar-refractivity contribution < 1.29 is 13.9 Å². The van der Waals surface area contributed by atoms with E-state index in [0.717, 1.165) is 28.6 Å². The van der Waals surface area contributed by atoms with Gasteiger partial charge in [0, 0.05) is 32.7 Å². The number of rotatable bonds is 7. The zero-order valence-corrected chi connectivity index (χ0v) is 13.4. The van der Waals surface area contributed by atoms with Crippen molar-refractivity contribution in [3.8, 4) is 10.8 Å². The molecule has 0 fully saturated rings. The Labute approximate surface area is 128 Å². The Bertz CT molecular complexity index is 591. The highest BCUT2D eigenvalue weighted by atomic mass is 32.1. The third-order valence-electron chi connectivity index (χ3n) is 3.10. The van der Waals surface area contributed by atoms with Gasteiger partial charge < -0.3 is 14.1 Å². The average molecular weight is 308 g/mol. The number of amides is 1. The molecule has 0 aliphatic carbocycles. The lowest BCUT2D eigenvalue weighted by Crippen LogP contribution is -2.29. The lowest BCUT2D eigenvalue weighted by molar-refractivity contribution is -0.129. The van der Waals surface area contributed by atoms with Crippen LogP contribution in [0.3, 0.4) is 0 Å². The van der Waals surface area contributed by atoms with Crippen LogP contribution in [0, 0.1) is 6.92 Å². The van der Waals surface area contributed by atoms with Gasteiger partial charge in [0.25, 0.3) is 0 Å². The van der Waals surface area contributed by atoms with Gasteiger partial charge in [0.05, 0.1) is 12.1 Å². The van der Waals surface area contributed by atoms with Crippen molar-refractivity contribution in [2.24, 2.45) is 0 Å². The standard InChI is InChI=1S/C15H20N2O3S/c1-11-5-6-13(20-11)15-16-12(10-21-15)9-14(18)17(2)7-4-8-19-3/h5-6,10H,4,7-9H2,1-3H3. The molecule has 0 saturated heterocycles. The van der Waals surface area contributed by atoms with Crippen LogP contribution in [-0.2, 0) is 16.0 Å². The maximum absolute atomic E-state index is 12.1. The summed E-state index contributed by atoms with van der Waals surface area (Å²) in [5, 5.41) is 2.72. The predicted molar refractivity (Wildman–Crippen MR) is 82.4 cm³/mol. The first kappa shape index (κ1) is 15.7. The van der Waals surface area contributed by atoms with E-state index in [2.05, 4.69) is 4.98 Å². The molecule has 0 aromatic carbocycles. The molecule has 0 N–H and O–H groups in total. The molecule has 1 amide bonds. The van der Waals surface area contributed by atoms with E-state index < -0.39 is 0 Å². The van der Waals surface area contributed by atoms with Crippen molar-refractivity contribution in [2.75, 3.05) is 27.3 Å². The van der Waals surface area contributed by atoms with E-state index >= 15 is 0 Å². The molecule has 2 aromatic rings. The van der Waals surface area contributed by atoms with Crippen molar-refractivity contribution in [3.05, 3.63) is 29.0 Å². The molecule has 5 nitrogen and oxygen atoms in total. The van der Waals surface area contributed by atoms with Crippen LogP contribution >= 0.6 is 11.3 Å². The van der Waals surface area contributed by atoms with Gasteiger partial charge in [-0.1, -0.05) is 0 Å². The number of methoxy groups -OCH3 is 1. The fourth-order valence-electron chi connectivity index (χ4n) is 1.91. The van der Waals surface area contributed by atoms with Gasteiger partial charge >= 0.3 is 0 Å². The summed E-state index contributed by atoms with van der Waals surface area (Å²) in [6.07, 6.45) is 1.16. The van der Waals surface area contributed by atoms with E-state index in [1.807, 2.05) is 24.4 Å². The molecule has 2 heterocycles. The van der Waals surface area contributed by atoms with Crippen molar-refractivity contribution in [1.82, 2.24) is 9.88 Å². The highest BCUT2D eigenvalue weighted by molar-refractivity contribution is 7.13. The molecular formula is C15H20N2O3S. The van der Waals surface area contributed by atoms with E-state index in [1.54, 1.807) is 19.1 Å². The number of hydrogen-bond donors (Lipinski definition) is 0. The Balaban J connectivity index is 1.91. The SMILES string of the molecule is COCCCN(C)C(=O)Cc1csc(-c2ccc(C)o2)n1. The highest BCUT2D eigenvalue weighted by Crippen LogP contribution is 2.25. The first-order valence-electron chi connectivity index (χ1n) is 6.84. The smallest absolute Gasteiger partial charge is 0.228 e. The maximum Gasteiger partial charge on any atom is 0.228 e. The Hall–Kier alpha value is -1.66. The van der Waals surface area contributed by atoms with Crippen molar-refractivity contribution >= 4 is 17.2 Å². The van der Waals surface area contributed by atoms with Crippen LogP contribution in [0.1, 0.15) is 17.9 Å². The Morgan fingerprint density at radius 2 is 2.29 bits per heavy atom. The topological polar surface area (TPSA) is 55.6 Å². The molecule has 0 radical (unpaired) electrons. The van der Waals surface area contributed by atoms with Crippen LogP contribution in [0.25, 0.3) is 10.8 Å². The number of ether oxygens (including phenoxy) is 1. The number of hydrogen-bond acceptors (Lipinski definition) is 5. The third-order valence-corrected chi connectivity index (χ3v) is 4.01. The normalized spacial score (nSPS) is 10.8. The molecule has 0 aliphatic heterocycles. The Morgan fingerprint density at radius 3 is 2.95 bits per heavy atom. The summed E-state index contributed by atoms with van der Waals surface area (Å²) in [7, 11) is 3.47. The molecule has 2 aromatic heterocycles. The molecular weight excluding hydrogens is 288 g/mol. The first-order chi connectivity index (χ1) is 10.1. The van der Waals surface area contributed by atoms with Crippen molar-refractivity contribution in [2.45, 2.75) is 19.8 Å². The lowest BCUT2D eigenvalue weighted by Gasteiger charge is -2.16. The predicted octanol–water partition coefficient (Wildman–Crippen LogP) is 2.75. The number of carbonyl (C=O) groups excluding carboxylic acids is 1. The van der Waals surface area contributed by atoms with Crippen LogP contribution in [0.15, 0.2) is 21.9 Å². The minimum absolute atomic E-state index is 0.0681. The molecule has 2 rings (SSSR count). The molecule has 0 spiro atoms. The molecule has 0 aliphatic rings. The molecule has 21 heavy (non-hydrogen) atoms. The van der Waals surface area contributed by atoms with E-state index in [4.69, 9.17) is 9.15 Å². The monoisotopic (exact) mass is 308 g/mol. The summed E-state index contributed by atoms with van der Waals surface area (Å²) >= 11 is 1.50. The van der Waals surface area contributed by atoms with Crippen LogP contribution in [0.5, 0.6) is 0 Å². The van der Waals surface area contributed by atoms with Crippen LogP contribution in [-0.4, -0.2) is 43.1 Å². The van der Waals surface area contributed by atoms with E-state index in [0.29, 0.717) is 19.6 Å². The Kier molecular flexibility index (Phi) is 5.52. The molecule has 0 atom stereocenters. The van der Waals surface area contributed by atoms with E-state index in [1.165, 1.54) is 11.3 Å². The highest BCUT2D eigenvalue weighted by Gasteiger charge is 2.13. The van der Waals surface area contributed by atoms with E-state index in [9.17, 15) is 4.79 Å². The van der Waals surface area contributed by atoms with Gasteiger partial charge in [0.2, 0.25) is 5.91 Å². The summed E-state index contributed by atoms with van der Waals surface area (Å²) in [6.45, 7) is 3.26. The minimum Gasteiger partial charge on any atom is -0.459 e. The zero-order valence-electron chi connectivity index (χ0n) is 12.6. The van der Waals surface area contributed by atoms with Gasteiger partial charge in [-0.15, -0.1) is 11.3 Å². The third kappa shape index (κ3) is 4.41. The molecule has 6 heteroatoms. The van der Waals surface area contributed by atoms with Gasteiger partial charge in [-0.3, -0.25) is 4.79 Å². The van der Waals surface area contributed by atoms with Crippen molar-refractivity contribution in [1.29, 1.82) is 0 Å². The van der Waals surface area contributed by atoms with Crippen LogP contribution in [0.2, 0.25) is 0 Å². The number of nitrogens with zero attached hydrogens (tertiary/aromatic N) is 2. The molecule has 0 unspecified atom stereocenters. The number of carbonyl (C=O) groups is 1. The van der Waals surface area contributed by atoms with E-state index in [-0.39, 0.29) is 5.91 Å². The number of aromatic nitrogens is 1. The fourth-order valence-corrected chi connectivity index (χ4v) is 2.69. The summed E-state index contributed by atoms with van der Waals surface area (Å²) in [5.74, 6) is 1.68. The second-order valence-electron chi connectivity index (χ2n) is 4.89. The van der Waals surface area contributed by atoms with Crippen LogP contribution in [0.4, 0.5) is 0 Å². The fraction of sp³-hybridized carbons (Fsp3) is 0.467. The Morgan fingerprint density at radius 1 is 1.48 bits per heavy atom. The van der Waals surface area contributed by atoms with Gasteiger partial charge in [0.15, 0.2) is 10.8 Å². The van der Waals surface area contributed by atoms with Crippen molar-refractivity contribution in [3.63, 3.8) is 0 Å². The summed E-state index contributed by atoms with van der Waals surface area (Å²) in [6, 6.07) is 3.81. The minimum atomic E-state index is 0.0681. The average Bonchev–Trinajstić information content (AvgIpc) is 3.07. The second-order valence-corrected chi connectivity index (χ2v) is 5.75. The lowest BCUT2D eigenvalue weighted by atomic mass is 10.3. The van der Waals surface area contributed by atoms with Gasteiger partial charge in [0.1, 0.15) is 5.76 Å². The maximum atomic E-state index is 12.1. The van der Waals surface area contributed by atoms with Gasteiger partial charge in [-0.05, 0) is 25.5 Å². The first-order valence-corrected chi connectivity index (χ1v) is 7.72. The van der Waals surface area contributed by atoms with Gasteiger partial charge in [-0.2, -0.15) is 0 Å². The van der Waals surface area contributed by atoms with Gasteiger partial charge in [-0.25, -0.2) is 4.98 Å². The summed E-state index contributed by atoms with van der Waals surface area (Å²) in [4.78, 5) is 18.3. The summed E-state index contributed by atoms with van der Waals surface area (Å²) < 4.78 is 10.5. The number of aryl methyl sites for hydroxylation is 1. The molecule has 0 saturated carbocycles. The quantitative estimate of drug-likeness (QED) is 0.738. The number of furan rings is 1. The molecule has 114 valence electrons.